The Morgan fingerprint density at radius 3 is 1.46 bits per heavy atom. The average molecular weight is 373 g/mol. The average Bonchev–Trinajstić information content (AvgIpc) is 2.63. The molecule has 3 heteroatoms. The van der Waals surface area contributed by atoms with E-state index in [-0.39, 0.29) is 28.6 Å². The maximum absolute atomic E-state index is 4.03. The van der Waals surface area contributed by atoms with Crippen molar-refractivity contribution in [3.05, 3.63) is 75.9 Å². The summed E-state index contributed by atoms with van der Waals surface area (Å²) >= 11 is 0. The summed E-state index contributed by atoms with van der Waals surface area (Å²) in [6, 6.07) is 0. The molecular weight excluding hydrogens is 336 g/mol. The molecule has 1 rings (SSSR count). The van der Waals surface area contributed by atoms with Gasteiger partial charge < -0.3 is 0 Å². The lowest BCUT2D eigenvalue weighted by molar-refractivity contribution is 0.490. The molecule has 3 atom stereocenters. The van der Waals surface area contributed by atoms with Crippen molar-refractivity contribution in [1.82, 2.24) is 0 Å². The van der Waals surface area contributed by atoms with Crippen LogP contribution < -0.4 is 0 Å². The van der Waals surface area contributed by atoms with Crippen molar-refractivity contribution >= 4 is 28.6 Å². The maximum Gasteiger partial charge on any atom is 0.0357 e. The molecule has 1 aliphatic carbocycles. The molecule has 1 aliphatic rings. The number of rotatable bonds is 12. The van der Waals surface area contributed by atoms with E-state index in [1.165, 1.54) is 19.3 Å². The van der Waals surface area contributed by atoms with Gasteiger partial charge in [0, 0.05) is 28.6 Å². The van der Waals surface area contributed by atoms with E-state index >= 15 is 0 Å². The van der Waals surface area contributed by atoms with Crippen LogP contribution in [0.1, 0.15) is 19.3 Å². The van der Waals surface area contributed by atoms with Gasteiger partial charge in [-0.25, -0.2) is 0 Å². The standard InChI is InChI=1S/C21H36Si3/c1-7-16(8-2)22-19-13-14-20(23-17(9-3)10-4)21(15-19)24-18(11-5)12-6/h7-12,16-21H,1-6,13-15,22-24H2. The van der Waals surface area contributed by atoms with Crippen LogP contribution in [0.5, 0.6) is 0 Å². The normalized spacial score (nSPS) is 25.4. The molecule has 0 aromatic rings. The molecule has 24 heavy (non-hydrogen) atoms. The molecule has 1 fully saturated rings. The monoisotopic (exact) mass is 372 g/mol. The van der Waals surface area contributed by atoms with Gasteiger partial charge in [-0.05, 0) is 16.6 Å². The molecule has 0 amide bonds. The summed E-state index contributed by atoms with van der Waals surface area (Å²) < 4.78 is 0. The van der Waals surface area contributed by atoms with Crippen LogP contribution in [0.25, 0.3) is 0 Å². The summed E-state index contributed by atoms with van der Waals surface area (Å²) in [6.45, 7) is 24.1. The van der Waals surface area contributed by atoms with E-state index in [1.54, 1.807) is 0 Å². The van der Waals surface area contributed by atoms with Gasteiger partial charge >= 0.3 is 0 Å². The Morgan fingerprint density at radius 2 is 1.00 bits per heavy atom. The van der Waals surface area contributed by atoms with Crippen molar-refractivity contribution in [2.45, 2.75) is 52.5 Å². The lowest BCUT2D eigenvalue weighted by Crippen LogP contribution is -2.27. The lowest BCUT2D eigenvalue weighted by atomic mass is 9.98. The second-order valence-electron chi connectivity index (χ2n) is 7.31. The molecule has 0 N–H and O–H groups in total. The summed E-state index contributed by atoms with van der Waals surface area (Å²) in [4.78, 5) is 0. The minimum absolute atomic E-state index is 0.149. The molecule has 0 heterocycles. The SMILES string of the molecule is C=CC(C=C)[SiH2]C1CCC([SiH2]C(C=C)C=C)C([SiH2]C(C=C)C=C)C1. The maximum atomic E-state index is 4.03. The van der Waals surface area contributed by atoms with E-state index < -0.39 is 0 Å². The smallest absolute Gasteiger partial charge is 0.0357 e. The minimum atomic E-state index is -0.204. The van der Waals surface area contributed by atoms with E-state index in [4.69, 9.17) is 0 Å². The van der Waals surface area contributed by atoms with Crippen LogP contribution in [-0.2, 0) is 0 Å². The highest BCUT2D eigenvalue weighted by atomic mass is 28.2. The quantitative estimate of drug-likeness (QED) is 0.349. The zero-order chi connectivity index (χ0) is 17.9. The van der Waals surface area contributed by atoms with Gasteiger partial charge in [-0.1, -0.05) is 72.3 Å². The molecule has 0 aromatic heterocycles. The van der Waals surface area contributed by atoms with Crippen LogP contribution in [-0.4, -0.2) is 28.6 Å². The molecule has 0 aliphatic heterocycles. The predicted octanol–water partition coefficient (Wildman–Crippen LogP) is 4.52. The zero-order valence-corrected chi connectivity index (χ0v) is 19.7. The third kappa shape index (κ3) is 6.54. The summed E-state index contributed by atoms with van der Waals surface area (Å²) in [7, 11) is -0.534. The van der Waals surface area contributed by atoms with E-state index in [2.05, 4.69) is 75.9 Å². The fraction of sp³-hybridized carbons (Fsp3) is 0.429. The Bertz CT molecular complexity index is 430. The van der Waals surface area contributed by atoms with Gasteiger partial charge in [0.15, 0.2) is 0 Å². The van der Waals surface area contributed by atoms with Crippen molar-refractivity contribution in [3.8, 4) is 0 Å². The fourth-order valence-electron chi connectivity index (χ4n) is 4.19. The number of allylic oxidation sites excluding steroid dienone is 6. The molecule has 0 radical (unpaired) electrons. The van der Waals surface area contributed by atoms with Crippen LogP contribution in [0.3, 0.4) is 0 Å². The Hall–Kier alpha value is -0.909. The van der Waals surface area contributed by atoms with E-state index in [9.17, 15) is 0 Å². The Kier molecular flexibility index (Phi) is 10.2. The largest absolute Gasteiger partial charge is 0.103 e. The Balaban J connectivity index is 2.80. The molecule has 0 aromatic carbocycles. The van der Waals surface area contributed by atoms with Gasteiger partial charge in [-0.3, -0.25) is 0 Å². The molecule has 0 nitrogen and oxygen atoms in total. The first-order valence-electron chi connectivity index (χ1n) is 9.37. The second-order valence-corrected chi connectivity index (χ2v) is 14.8. The van der Waals surface area contributed by atoms with Gasteiger partial charge in [0.2, 0.25) is 0 Å². The first kappa shape index (κ1) is 21.1. The van der Waals surface area contributed by atoms with Crippen LogP contribution in [0, 0.1) is 0 Å². The molecular formula is C21H36Si3. The van der Waals surface area contributed by atoms with Crippen molar-refractivity contribution in [1.29, 1.82) is 0 Å². The molecule has 3 unspecified atom stereocenters. The third-order valence-electron chi connectivity index (χ3n) is 5.82. The summed E-state index contributed by atoms with van der Waals surface area (Å²) in [5.41, 5.74) is 4.69. The van der Waals surface area contributed by atoms with Crippen LogP contribution in [0.4, 0.5) is 0 Å². The van der Waals surface area contributed by atoms with Crippen molar-refractivity contribution in [3.63, 3.8) is 0 Å². The Morgan fingerprint density at radius 1 is 0.583 bits per heavy atom. The molecule has 132 valence electrons. The van der Waals surface area contributed by atoms with Gasteiger partial charge in [-0.15, -0.1) is 39.5 Å². The zero-order valence-electron chi connectivity index (χ0n) is 15.4. The lowest BCUT2D eigenvalue weighted by Gasteiger charge is -2.38. The number of hydrogen-bond acceptors (Lipinski definition) is 0. The van der Waals surface area contributed by atoms with Crippen LogP contribution >= 0.6 is 0 Å². The Labute approximate surface area is 157 Å². The van der Waals surface area contributed by atoms with Gasteiger partial charge in [0.25, 0.3) is 0 Å². The molecule has 0 spiro atoms. The summed E-state index contributed by atoms with van der Waals surface area (Å²) in [5.74, 6) is 0. The first-order valence-corrected chi connectivity index (χ1v) is 14.3. The van der Waals surface area contributed by atoms with Gasteiger partial charge in [0.05, 0.1) is 0 Å². The van der Waals surface area contributed by atoms with Crippen LogP contribution in [0.15, 0.2) is 75.9 Å². The van der Waals surface area contributed by atoms with E-state index in [0.29, 0.717) is 16.6 Å². The van der Waals surface area contributed by atoms with Gasteiger partial charge in [-0.2, -0.15) is 0 Å². The molecule has 1 saturated carbocycles. The number of hydrogen-bond donors (Lipinski definition) is 0. The van der Waals surface area contributed by atoms with Crippen molar-refractivity contribution in [2.75, 3.05) is 0 Å². The minimum Gasteiger partial charge on any atom is -0.103 e. The van der Waals surface area contributed by atoms with E-state index in [0.717, 1.165) is 16.6 Å². The van der Waals surface area contributed by atoms with Crippen molar-refractivity contribution in [2.24, 2.45) is 0 Å². The highest BCUT2D eigenvalue weighted by Gasteiger charge is 2.33. The molecule has 0 bridgehead atoms. The molecule has 0 saturated heterocycles. The van der Waals surface area contributed by atoms with Crippen molar-refractivity contribution < 1.29 is 0 Å². The summed E-state index contributed by atoms with van der Waals surface area (Å²) in [5, 5.41) is 0. The highest BCUT2D eigenvalue weighted by molar-refractivity contribution is 6.49. The highest BCUT2D eigenvalue weighted by Crippen LogP contribution is 2.47. The topological polar surface area (TPSA) is 0 Å². The van der Waals surface area contributed by atoms with E-state index in [1.807, 2.05) is 0 Å². The first-order chi connectivity index (χ1) is 11.6. The third-order valence-corrected chi connectivity index (χ3v) is 14.8. The summed E-state index contributed by atoms with van der Waals surface area (Å²) in [6.07, 6.45) is 17.1. The van der Waals surface area contributed by atoms with Gasteiger partial charge in [0.1, 0.15) is 0 Å². The second kappa shape index (κ2) is 11.6. The van der Waals surface area contributed by atoms with Crippen LogP contribution in [0.2, 0.25) is 33.2 Å². The predicted molar refractivity (Wildman–Crippen MR) is 123 cm³/mol. The fourth-order valence-corrected chi connectivity index (χ4v) is 12.6.